The summed E-state index contributed by atoms with van der Waals surface area (Å²) in [5.41, 5.74) is 2.78. The Labute approximate surface area is 115 Å². The lowest BCUT2D eigenvalue weighted by atomic mass is 10.1. The van der Waals surface area contributed by atoms with Gasteiger partial charge in [-0.1, -0.05) is 11.6 Å². The zero-order valence-corrected chi connectivity index (χ0v) is 12.3. The van der Waals surface area contributed by atoms with E-state index in [9.17, 15) is 4.79 Å². The van der Waals surface area contributed by atoms with Crippen molar-refractivity contribution in [3.05, 3.63) is 35.4 Å². The summed E-state index contributed by atoms with van der Waals surface area (Å²) in [6.07, 6.45) is 1.57. The van der Waals surface area contributed by atoms with Crippen molar-refractivity contribution in [1.82, 2.24) is 4.90 Å². The van der Waals surface area contributed by atoms with Crippen molar-refractivity contribution >= 4 is 11.6 Å². The topological polar surface area (TPSA) is 41.6 Å². The van der Waals surface area contributed by atoms with E-state index in [1.54, 1.807) is 13.2 Å². The fraction of sp³-hybridized carbons (Fsp3) is 0.400. The van der Waals surface area contributed by atoms with Gasteiger partial charge in [0.2, 0.25) is 5.91 Å². The van der Waals surface area contributed by atoms with E-state index < -0.39 is 0 Å². The molecule has 4 heteroatoms. The maximum absolute atomic E-state index is 11.8. The Balaban J connectivity index is 2.96. The van der Waals surface area contributed by atoms with Crippen LogP contribution < -0.4 is 10.1 Å². The molecular weight excluding hydrogens is 240 g/mol. The van der Waals surface area contributed by atoms with Gasteiger partial charge in [0.05, 0.1) is 12.8 Å². The maximum atomic E-state index is 11.8. The third-order valence-electron chi connectivity index (χ3n) is 2.44. The molecule has 0 fully saturated rings. The SMILES string of the molecule is COc1ccc(CN(C)C)cc1NC(=O)C=C(C)C. The van der Waals surface area contributed by atoms with Crippen LogP contribution in [-0.2, 0) is 11.3 Å². The standard InChI is InChI=1S/C15H22N2O2/c1-11(2)8-15(18)16-13-9-12(10-17(3)4)6-7-14(13)19-5/h6-9H,10H2,1-5H3,(H,16,18). The minimum Gasteiger partial charge on any atom is -0.495 e. The number of carbonyl (C=O) groups excluding carboxylic acids is 1. The molecule has 19 heavy (non-hydrogen) atoms. The molecule has 4 nitrogen and oxygen atoms in total. The number of hydrogen-bond donors (Lipinski definition) is 1. The molecule has 0 aliphatic heterocycles. The average Bonchev–Trinajstić information content (AvgIpc) is 2.27. The first kappa shape index (κ1) is 15.2. The minimum absolute atomic E-state index is 0.139. The van der Waals surface area contributed by atoms with Crippen LogP contribution in [0.5, 0.6) is 5.75 Å². The summed E-state index contributed by atoms with van der Waals surface area (Å²) >= 11 is 0. The molecule has 0 saturated heterocycles. The Hall–Kier alpha value is -1.81. The molecule has 0 spiro atoms. The molecule has 0 aliphatic carbocycles. The highest BCUT2D eigenvalue weighted by molar-refractivity contribution is 6.00. The van der Waals surface area contributed by atoms with Gasteiger partial charge in [0.15, 0.2) is 0 Å². The van der Waals surface area contributed by atoms with E-state index in [0.29, 0.717) is 11.4 Å². The van der Waals surface area contributed by atoms with Crippen molar-refractivity contribution in [3.8, 4) is 5.75 Å². The number of rotatable bonds is 5. The van der Waals surface area contributed by atoms with Gasteiger partial charge in [0, 0.05) is 12.6 Å². The Kier molecular flexibility index (Phi) is 5.57. The Morgan fingerprint density at radius 3 is 2.58 bits per heavy atom. The summed E-state index contributed by atoms with van der Waals surface area (Å²) in [6.45, 7) is 4.59. The molecule has 0 unspecified atom stereocenters. The zero-order valence-electron chi connectivity index (χ0n) is 12.3. The minimum atomic E-state index is -0.139. The summed E-state index contributed by atoms with van der Waals surface area (Å²) < 4.78 is 5.26. The highest BCUT2D eigenvalue weighted by Crippen LogP contribution is 2.26. The summed E-state index contributed by atoms with van der Waals surface area (Å²) in [5.74, 6) is 0.526. The van der Waals surface area contributed by atoms with E-state index in [1.807, 2.05) is 46.1 Å². The lowest BCUT2D eigenvalue weighted by Gasteiger charge is -2.14. The number of hydrogen-bond acceptors (Lipinski definition) is 3. The van der Waals surface area contributed by atoms with Gasteiger partial charge in [-0.25, -0.2) is 0 Å². The molecule has 1 amide bonds. The molecule has 1 rings (SSSR count). The maximum Gasteiger partial charge on any atom is 0.248 e. The Morgan fingerprint density at radius 1 is 1.37 bits per heavy atom. The number of anilines is 1. The van der Waals surface area contributed by atoms with Crippen molar-refractivity contribution in [2.24, 2.45) is 0 Å². The van der Waals surface area contributed by atoms with Crippen molar-refractivity contribution in [1.29, 1.82) is 0 Å². The summed E-state index contributed by atoms with van der Waals surface area (Å²) in [4.78, 5) is 13.8. The van der Waals surface area contributed by atoms with Crippen LogP contribution in [0.4, 0.5) is 5.69 Å². The molecule has 0 saturated carbocycles. The fourth-order valence-corrected chi connectivity index (χ4v) is 1.75. The smallest absolute Gasteiger partial charge is 0.248 e. The molecule has 0 atom stereocenters. The quantitative estimate of drug-likeness (QED) is 0.829. The van der Waals surface area contributed by atoms with Crippen LogP contribution in [0.3, 0.4) is 0 Å². The number of benzene rings is 1. The van der Waals surface area contributed by atoms with E-state index in [2.05, 4.69) is 10.2 Å². The number of ether oxygens (including phenoxy) is 1. The van der Waals surface area contributed by atoms with Crippen LogP contribution in [-0.4, -0.2) is 32.0 Å². The fourth-order valence-electron chi connectivity index (χ4n) is 1.75. The van der Waals surface area contributed by atoms with E-state index in [4.69, 9.17) is 4.74 Å². The normalized spacial score (nSPS) is 10.2. The van der Waals surface area contributed by atoms with Gasteiger partial charge < -0.3 is 15.0 Å². The number of amides is 1. The highest BCUT2D eigenvalue weighted by Gasteiger charge is 2.07. The van der Waals surface area contributed by atoms with Crippen molar-refractivity contribution in [2.75, 3.05) is 26.5 Å². The molecule has 1 aromatic carbocycles. The first-order valence-corrected chi connectivity index (χ1v) is 6.20. The largest absolute Gasteiger partial charge is 0.495 e. The number of methoxy groups -OCH3 is 1. The number of allylic oxidation sites excluding steroid dienone is 1. The van der Waals surface area contributed by atoms with Gasteiger partial charge in [0.1, 0.15) is 5.75 Å². The lowest BCUT2D eigenvalue weighted by Crippen LogP contribution is -2.13. The van der Waals surface area contributed by atoms with E-state index in [1.165, 1.54) is 0 Å². The summed E-state index contributed by atoms with van der Waals surface area (Å²) in [7, 11) is 5.61. The van der Waals surface area contributed by atoms with Gasteiger partial charge >= 0.3 is 0 Å². The monoisotopic (exact) mass is 262 g/mol. The van der Waals surface area contributed by atoms with Crippen LogP contribution in [0.25, 0.3) is 0 Å². The van der Waals surface area contributed by atoms with Crippen molar-refractivity contribution in [3.63, 3.8) is 0 Å². The second kappa shape index (κ2) is 6.95. The highest BCUT2D eigenvalue weighted by atomic mass is 16.5. The van der Waals surface area contributed by atoms with Crippen LogP contribution >= 0.6 is 0 Å². The van der Waals surface area contributed by atoms with Crippen molar-refractivity contribution in [2.45, 2.75) is 20.4 Å². The molecule has 0 bridgehead atoms. The van der Waals surface area contributed by atoms with Crippen LogP contribution in [0.2, 0.25) is 0 Å². The lowest BCUT2D eigenvalue weighted by molar-refractivity contribution is -0.112. The number of nitrogens with zero attached hydrogens (tertiary/aromatic N) is 1. The molecule has 104 valence electrons. The second-order valence-corrected chi connectivity index (χ2v) is 4.98. The predicted molar refractivity (Wildman–Crippen MR) is 78.4 cm³/mol. The summed E-state index contributed by atoms with van der Waals surface area (Å²) in [6, 6.07) is 5.81. The first-order valence-electron chi connectivity index (χ1n) is 6.20. The molecule has 0 radical (unpaired) electrons. The van der Waals surface area contributed by atoms with Gasteiger partial charge in [-0.2, -0.15) is 0 Å². The molecule has 0 heterocycles. The van der Waals surface area contributed by atoms with Crippen LogP contribution in [0.1, 0.15) is 19.4 Å². The van der Waals surface area contributed by atoms with Gasteiger partial charge in [-0.15, -0.1) is 0 Å². The number of carbonyl (C=O) groups is 1. The molecule has 1 aromatic rings. The van der Waals surface area contributed by atoms with Crippen LogP contribution in [0.15, 0.2) is 29.8 Å². The van der Waals surface area contributed by atoms with Gasteiger partial charge in [-0.05, 0) is 45.6 Å². The molecule has 0 aromatic heterocycles. The van der Waals surface area contributed by atoms with Crippen LogP contribution in [0, 0.1) is 0 Å². The molecule has 0 aliphatic rings. The van der Waals surface area contributed by atoms with E-state index >= 15 is 0 Å². The Morgan fingerprint density at radius 2 is 2.05 bits per heavy atom. The summed E-state index contributed by atoms with van der Waals surface area (Å²) in [5, 5.41) is 2.85. The molecular formula is C15H22N2O2. The molecule has 1 N–H and O–H groups in total. The predicted octanol–water partition coefficient (Wildman–Crippen LogP) is 2.66. The Bertz CT molecular complexity index is 475. The van der Waals surface area contributed by atoms with E-state index in [-0.39, 0.29) is 5.91 Å². The zero-order chi connectivity index (χ0) is 14.4. The average molecular weight is 262 g/mol. The van der Waals surface area contributed by atoms with Crippen molar-refractivity contribution < 1.29 is 9.53 Å². The van der Waals surface area contributed by atoms with E-state index in [0.717, 1.165) is 17.7 Å². The third-order valence-corrected chi connectivity index (χ3v) is 2.44. The second-order valence-electron chi connectivity index (χ2n) is 4.98. The third kappa shape index (κ3) is 5.14. The van der Waals surface area contributed by atoms with Gasteiger partial charge in [0.25, 0.3) is 0 Å². The van der Waals surface area contributed by atoms with Gasteiger partial charge in [-0.3, -0.25) is 4.79 Å². The number of nitrogens with one attached hydrogen (secondary N) is 1. The first-order chi connectivity index (χ1) is 8.92.